The molecule has 5 aliphatic carbocycles. The van der Waals surface area contributed by atoms with Gasteiger partial charge in [0.1, 0.15) is 11.6 Å². The van der Waals surface area contributed by atoms with Gasteiger partial charge in [-0.15, -0.1) is 0 Å². The summed E-state index contributed by atoms with van der Waals surface area (Å²) < 4.78 is 0. The number of rotatable bonds is 0. The fourth-order valence-corrected chi connectivity index (χ4v) is 5.11. The number of carbonyl (C=O) groups excluding carboxylic acids is 2. The molecule has 5 aliphatic rings. The summed E-state index contributed by atoms with van der Waals surface area (Å²) in [6.07, 6.45) is 8.19. The highest BCUT2D eigenvalue weighted by Gasteiger charge is 2.88. The summed E-state index contributed by atoms with van der Waals surface area (Å²) in [5.74, 6) is 1.07. The molecule has 0 aromatic carbocycles. The minimum atomic E-state index is -0.131. The van der Waals surface area contributed by atoms with E-state index in [0.29, 0.717) is 11.6 Å². The first-order chi connectivity index (χ1) is 7.64. The maximum absolute atomic E-state index is 12.8. The van der Waals surface area contributed by atoms with Gasteiger partial charge in [0.05, 0.1) is 0 Å². The van der Waals surface area contributed by atoms with Crippen LogP contribution in [0.15, 0.2) is 0 Å². The SMILES string of the molecule is O=C1C2(CC2)C2(CC2)C(=O)C2(CC2)C12CC2. The molecule has 0 atom stereocenters. The lowest BCUT2D eigenvalue weighted by molar-refractivity contribution is -0.155. The van der Waals surface area contributed by atoms with Crippen LogP contribution in [-0.2, 0) is 9.59 Å². The van der Waals surface area contributed by atoms with Gasteiger partial charge in [-0.3, -0.25) is 9.59 Å². The molecular formula is C14H16O2. The molecule has 0 aromatic heterocycles. The molecule has 5 fully saturated rings. The number of hydrogen-bond donors (Lipinski definition) is 0. The van der Waals surface area contributed by atoms with E-state index < -0.39 is 0 Å². The third kappa shape index (κ3) is 0.540. The molecule has 84 valence electrons. The van der Waals surface area contributed by atoms with E-state index in [4.69, 9.17) is 0 Å². The minimum absolute atomic E-state index is 0.131. The van der Waals surface area contributed by atoms with Crippen LogP contribution in [-0.4, -0.2) is 11.6 Å². The Labute approximate surface area is 94.8 Å². The summed E-state index contributed by atoms with van der Waals surface area (Å²) >= 11 is 0. The van der Waals surface area contributed by atoms with E-state index in [-0.39, 0.29) is 21.7 Å². The molecule has 0 heterocycles. The Morgan fingerprint density at radius 2 is 0.688 bits per heavy atom. The zero-order chi connectivity index (χ0) is 10.8. The lowest BCUT2D eigenvalue weighted by Gasteiger charge is -2.41. The van der Waals surface area contributed by atoms with E-state index in [1.807, 2.05) is 0 Å². The van der Waals surface area contributed by atoms with Crippen LogP contribution in [0, 0.1) is 21.7 Å². The molecule has 2 heteroatoms. The van der Waals surface area contributed by atoms with Crippen LogP contribution in [0.1, 0.15) is 51.4 Å². The van der Waals surface area contributed by atoms with Crippen molar-refractivity contribution in [2.45, 2.75) is 51.4 Å². The number of Topliss-reactive ketones (excluding diaryl/α,β-unsaturated/α-hetero) is 2. The fourth-order valence-electron chi connectivity index (χ4n) is 5.11. The minimum Gasteiger partial charge on any atom is -0.298 e. The maximum Gasteiger partial charge on any atom is 0.147 e. The van der Waals surface area contributed by atoms with Crippen molar-refractivity contribution in [3.05, 3.63) is 0 Å². The Bertz CT molecular complexity index is 373. The van der Waals surface area contributed by atoms with Crippen molar-refractivity contribution < 1.29 is 9.59 Å². The van der Waals surface area contributed by atoms with Crippen molar-refractivity contribution in [1.82, 2.24) is 0 Å². The van der Waals surface area contributed by atoms with E-state index in [0.717, 1.165) is 51.4 Å². The molecule has 0 unspecified atom stereocenters. The molecule has 0 radical (unpaired) electrons. The molecule has 16 heavy (non-hydrogen) atoms. The van der Waals surface area contributed by atoms with Gasteiger partial charge in [0.25, 0.3) is 0 Å². The van der Waals surface area contributed by atoms with Crippen LogP contribution in [0.25, 0.3) is 0 Å². The largest absolute Gasteiger partial charge is 0.298 e. The quantitative estimate of drug-likeness (QED) is 0.622. The van der Waals surface area contributed by atoms with E-state index >= 15 is 0 Å². The lowest BCUT2D eigenvalue weighted by Crippen LogP contribution is -2.52. The summed E-state index contributed by atoms with van der Waals surface area (Å²) in [4.78, 5) is 25.6. The zero-order valence-electron chi connectivity index (χ0n) is 9.47. The second kappa shape index (κ2) is 1.83. The first-order valence-electron chi connectivity index (χ1n) is 6.74. The smallest absolute Gasteiger partial charge is 0.147 e. The fraction of sp³-hybridized carbons (Fsp3) is 0.857. The number of ketones is 2. The van der Waals surface area contributed by atoms with Gasteiger partial charge in [-0.2, -0.15) is 0 Å². The van der Waals surface area contributed by atoms with E-state index in [9.17, 15) is 9.59 Å². The third-order valence-electron chi connectivity index (χ3n) is 6.57. The Balaban J connectivity index is 1.76. The number of carbonyl (C=O) groups is 2. The summed E-state index contributed by atoms with van der Waals surface area (Å²) in [6, 6.07) is 0. The lowest BCUT2D eigenvalue weighted by atomic mass is 9.58. The van der Waals surface area contributed by atoms with Gasteiger partial charge in [-0.25, -0.2) is 0 Å². The van der Waals surface area contributed by atoms with Crippen molar-refractivity contribution in [2.24, 2.45) is 21.7 Å². The molecular weight excluding hydrogens is 200 g/mol. The summed E-state index contributed by atoms with van der Waals surface area (Å²) in [5, 5.41) is 0. The van der Waals surface area contributed by atoms with Crippen molar-refractivity contribution >= 4 is 11.6 Å². The van der Waals surface area contributed by atoms with E-state index in [1.54, 1.807) is 0 Å². The average Bonchev–Trinajstić information content (AvgIpc) is 3.18. The molecule has 0 aliphatic heterocycles. The van der Waals surface area contributed by atoms with Crippen LogP contribution >= 0.6 is 0 Å². The second-order valence-corrected chi connectivity index (χ2v) is 6.99. The highest BCUT2D eigenvalue weighted by molar-refractivity contribution is 6.13. The Morgan fingerprint density at radius 3 is 0.812 bits per heavy atom. The Kier molecular flexibility index (Phi) is 0.965. The van der Waals surface area contributed by atoms with Gasteiger partial charge in [0, 0.05) is 21.7 Å². The summed E-state index contributed by atoms with van der Waals surface area (Å²) in [6.45, 7) is 0. The van der Waals surface area contributed by atoms with Crippen LogP contribution in [0.3, 0.4) is 0 Å². The summed E-state index contributed by atoms with van der Waals surface area (Å²) in [5.41, 5.74) is -0.522. The second-order valence-electron chi connectivity index (χ2n) is 6.99. The maximum atomic E-state index is 12.8. The molecule has 0 amide bonds. The Morgan fingerprint density at radius 1 is 0.500 bits per heavy atom. The monoisotopic (exact) mass is 216 g/mol. The molecule has 5 rings (SSSR count). The van der Waals surface area contributed by atoms with E-state index in [2.05, 4.69) is 0 Å². The predicted molar refractivity (Wildman–Crippen MR) is 56.7 cm³/mol. The molecule has 4 spiro atoms. The van der Waals surface area contributed by atoms with Gasteiger partial charge in [0.2, 0.25) is 0 Å². The van der Waals surface area contributed by atoms with Gasteiger partial charge in [0.15, 0.2) is 0 Å². The first-order valence-corrected chi connectivity index (χ1v) is 6.74. The third-order valence-corrected chi connectivity index (χ3v) is 6.57. The van der Waals surface area contributed by atoms with Crippen molar-refractivity contribution in [2.75, 3.05) is 0 Å². The van der Waals surface area contributed by atoms with E-state index in [1.165, 1.54) is 0 Å². The van der Waals surface area contributed by atoms with Crippen molar-refractivity contribution in [1.29, 1.82) is 0 Å². The normalized spacial score (nSPS) is 40.8. The van der Waals surface area contributed by atoms with Crippen LogP contribution in [0.5, 0.6) is 0 Å². The topological polar surface area (TPSA) is 34.1 Å². The molecule has 0 saturated heterocycles. The zero-order valence-corrected chi connectivity index (χ0v) is 9.47. The van der Waals surface area contributed by atoms with Gasteiger partial charge in [-0.05, 0) is 51.4 Å². The summed E-state index contributed by atoms with van der Waals surface area (Å²) in [7, 11) is 0. The highest BCUT2D eigenvalue weighted by Crippen LogP contribution is 2.86. The Hall–Kier alpha value is -0.660. The van der Waals surface area contributed by atoms with Crippen molar-refractivity contribution in [3.63, 3.8) is 0 Å². The molecule has 0 bridgehead atoms. The standard InChI is InChI=1S/C14H16O2/c15-9-11(1-2-11)12(3-4-12)10(16)14(7-8-14)13(9)5-6-13/h1-8H2. The number of fused-ring (bicyclic) bond motifs is 2. The van der Waals surface area contributed by atoms with Gasteiger partial charge >= 0.3 is 0 Å². The highest BCUT2D eigenvalue weighted by atomic mass is 16.2. The predicted octanol–water partition coefficient (Wildman–Crippen LogP) is 2.26. The van der Waals surface area contributed by atoms with Crippen LogP contribution in [0.4, 0.5) is 0 Å². The molecule has 0 aromatic rings. The first kappa shape index (κ1) is 8.43. The van der Waals surface area contributed by atoms with Gasteiger partial charge < -0.3 is 0 Å². The molecule has 5 saturated carbocycles. The molecule has 2 nitrogen and oxygen atoms in total. The number of hydrogen-bond acceptors (Lipinski definition) is 2. The van der Waals surface area contributed by atoms with Crippen LogP contribution in [0.2, 0.25) is 0 Å². The molecule has 0 N–H and O–H groups in total. The van der Waals surface area contributed by atoms with Gasteiger partial charge in [-0.1, -0.05) is 0 Å². The van der Waals surface area contributed by atoms with Crippen molar-refractivity contribution in [3.8, 4) is 0 Å². The average molecular weight is 216 g/mol. The van der Waals surface area contributed by atoms with Crippen LogP contribution < -0.4 is 0 Å².